The number of benzene rings is 1. The Labute approximate surface area is 149 Å². The van der Waals surface area contributed by atoms with Crippen LogP contribution in [0.15, 0.2) is 24.5 Å². The topological polar surface area (TPSA) is 72.3 Å². The van der Waals surface area contributed by atoms with Crippen molar-refractivity contribution in [2.24, 2.45) is 0 Å². The molecule has 8 heteroatoms. The minimum Gasteiger partial charge on any atom is -0.257 e. The number of aromatic nitrogens is 6. The van der Waals surface area contributed by atoms with Crippen LogP contribution in [0.4, 0.5) is 4.39 Å². The summed E-state index contributed by atoms with van der Waals surface area (Å²) >= 11 is 1.97. The van der Waals surface area contributed by atoms with Crippen LogP contribution in [0.3, 0.4) is 0 Å². The zero-order valence-corrected chi connectivity index (χ0v) is 14.8. The molecule has 1 aliphatic rings. The first-order valence-electron chi connectivity index (χ1n) is 8.45. The molecule has 0 aliphatic carbocycles. The first-order valence-corrected chi connectivity index (χ1v) is 9.60. The van der Waals surface area contributed by atoms with Gasteiger partial charge in [0.1, 0.15) is 12.1 Å². The highest BCUT2D eigenvalue weighted by molar-refractivity contribution is 7.99. The molecule has 0 spiro atoms. The Balaban J connectivity index is 1.81. The van der Waals surface area contributed by atoms with Crippen LogP contribution in [0.25, 0.3) is 23.0 Å². The summed E-state index contributed by atoms with van der Waals surface area (Å²) in [5.74, 6) is 3.88. The first-order chi connectivity index (χ1) is 12.3. The van der Waals surface area contributed by atoms with Gasteiger partial charge in [-0.2, -0.15) is 16.9 Å². The van der Waals surface area contributed by atoms with Crippen molar-refractivity contribution in [2.75, 3.05) is 11.5 Å². The lowest BCUT2D eigenvalue weighted by molar-refractivity contribution is 0.431. The van der Waals surface area contributed by atoms with E-state index < -0.39 is 0 Å². The molecule has 2 aromatic heterocycles. The van der Waals surface area contributed by atoms with Crippen LogP contribution in [0.5, 0.6) is 0 Å². The van der Waals surface area contributed by atoms with Crippen LogP contribution in [0.1, 0.15) is 31.4 Å². The van der Waals surface area contributed by atoms with Gasteiger partial charge < -0.3 is 0 Å². The third kappa shape index (κ3) is 3.18. The van der Waals surface area contributed by atoms with Gasteiger partial charge in [0.05, 0.1) is 6.04 Å². The summed E-state index contributed by atoms with van der Waals surface area (Å²) < 4.78 is 15.9. The second-order valence-electron chi connectivity index (χ2n) is 6.04. The third-order valence-corrected chi connectivity index (χ3v) is 5.53. The van der Waals surface area contributed by atoms with Crippen molar-refractivity contribution in [3.8, 4) is 23.0 Å². The molecule has 0 radical (unpaired) electrons. The molecule has 1 aromatic carbocycles. The molecule has 0 bridgehead atoms. The smallest absolute Gasteiger partial charge is 0.219 e. The van der Waals surface area contributed by atoms with E-state index in [1.165, 1.54) is 12.4 Å². The van der Waals surface area contributed by atoms with Crippen LogP contribution in [0, 0.1) is 5.82 Å². The van der Waals surface area contributed by atoms with Crippen molar-refractivity contribution in [3.05, 3.63) is 35.9 Å². The fourth-order valence-corrected chi connectivity index (χ4v) is 4.18. The third-order valence-electron chi connectivity index (χ3n) is 4.48. The Morgan fingerprint density at radius 1 is 1.32 bits per heavy atom. The van der Waals surface area contributed by atoms with E-state index in [4.69, 9.17) is 10.1 Å². The van der Waals surface area contributed by atoms with E-state index in [9.17, 15) is 4.39 Å². The summed E-state index contributed by atoms with van der Waals surface area (Å²) in [5.41, 5.74) is 1.57. The van der Waals surface area contributed by atoms with E-state index in [1.54, 1.807) is 6.07 Å². The number of hydrogen-bond acceptors (Lipinski definition) is 5. The van der Waals surface area contributed by atoms with Crippen molar-refractivity contribution in [3.63, 3.8) is 0 Å². The van der Waals surface area contributed by atoms with Crippen molar-refractivity contribution >= 4 is 11.8 Å². The van der Waals surface area contributed by atoms with Gasteiger partial charge in [-0.25, -0.2) is 19.0 Å². The molecule has 6 nitrogen and oxygen atoms in total. The summed E-state index contributed by atoms with van der Waals surface area (Å²) in [7, 11) is 0. The van der Waals surface area contributed by atoms with Crippen molar-refractivity contribution < 1.29 is 4.39 Å². The second kappa shape index (κ2) is 6.95. The molecule has 0 unspecified atom stereocenters. The SMILES string of the molecule is CCc1cc(-c2nc(-c3ncn[nH]3)nn2C2CCSCC2)ccc1F. The number of nitrogens with zero attached hydrogens (tertiary/aromatic N) is 5. The monoisotopic (exact) mass is 358 g/mol. The van der Waals surface area contributed by atoms with Crippen molar-refractivity contribution in [2.45, 2.75) is 32.2 Å². The average Bonchev–Trinajstić information content (AvgIpc) is 3.32. The van der Waals surface area contributed by atoms with Crippen LogP contribution in [-0.4, -0.2) is 41.5 Å². The Morgan fingerprint density at radius 3 is 2.88 bits per heavy atom. The Morgan fingerprint density at radius 2 is 2.16 bits per heavy atom. The summed E-state index contributed by atoms with van der Waals surface area (Å²) in [6.45, 7) is 1.95. The van der Waals surface area contributed by atoms with Gasteiger partial charge in [-0.05, 0) is 54.5 Å². The fraction of sp³-hybridized carbons (Fsp3) is 0.412. The zero-order valence-electron chi connectivity index (χ0n) is 13.9. The van der Waals surface area contributed by atoms with Gasteiger partial charge in [0.25, 0.3) is 0 Å². The van der Waals surface area contributed by atoms with Gasteiger partial charge in [-0.1, -0.05) is 6.92 Å². The zero-order chi connectivity index (χ0) is 17.2. The number of H-pyrrole nitrogens is 1. The van der Waals surface area contributed by atoms with Crippen LogP contribution in [0.2, 0.25) is 0 Å². The van der Waals surface area contributed by atoms with E-state index in [1.807, 2.05) is 29.4 Å². The molecule has 0 saturated carbocycles. The number of aryl methyl sites for hydroxylation is 1. The summed E-state index contributed by atoms with van der Waals surface area (Å²) in [4.78, 5) is 8.85. The van der Waals surface area contributed by atoms with Crippen molar-refractivity contribution in [1.29, 1.82) is 0 Å². The molecule has 0 atom stereocenters. The molecular formula is C17H19FN6S. The van der Waals surface area contributed by atoms with E-state index >= 15 is 0 Å². The summed E-state index contributed by atoms with van der Waals surface area (Å²) in [6.07, 6.45) is 4.19. The molecule has 3 heterocycles. The quantitative estimate of drug-likeness (QED) is 0.773. The highest BCUT2D eigenvalue weighted by atomic mass is 32.2. The minimum atomic E-state index is -0.179. The molecule has 1 aliphatic heterocycles. The van der Waals surface area contributed by atoms with Crippen molar-refractivity contribution in [1.82, 2.24) is 29.9 Å². The first kappa shape index (κ1) is 16.3. The lowest BCUT2D eigenvalue weighted by Gasteiger charge is -2.23. The van der Waals surface area contributed by atoms with E-state index in [-0.39, 0.29) is 5.82 Å². The van der Waals surface area contributed by atoms with Gasteiger partial charge >= 0.3 is 0 Å². The number of aromatic amines is 1. The normalized spacial score (nSPS) is 15.6. The fourth-order valence-electron chi connectivity index (χ4n) is 3.10. The van der Waals surface area contributed by atoms with Gasteiger partial charge in [0.2, 0.25) is 5.82 Å². The van der Waals surface area contributed by atoms with Gasteiger partial charge in [-0.15, -0.1) is 5.10 Å². The lowest BCUT2D eigenvalue weighted by atomic mass is 10.1. The molecule has 130 valence electrons. The number of halogens is 1. The van der Waals surface area contributed by atoms with E-state index in [0.717, 1.165) is 35.7 Å². The average molecular weight is 358 g/mol. The number of nitrogens with one attached hydrogen (secondary N) is 1. The van der Waals surface area contributed by atoms with Gasteiger partial charge in [0.15, 0.2) is 11.6 Å². The number of hydrogen-bond donors (Lipinski definition) is 1. The summed E-state index contributed by atoms with van der Waals surface area (Å²) in [5, 5.41) is 11.4. The predicted octanol–water partition coefficient (Wildman–Crippen LogP) is 3.50. The maximum Gasteiger partial charge on any atom is 0.219 e. The van der Waals surface area contributed by atoms with Gasteiger partial charge in [0, 0.05) is 5.56 Å². The standard InChI is InChI=1S/C17H19FN6S/c1-2-11-9-12(3-4-14(11)18)17-21-16(15-19-10-20-22-15)23-24(17)13-5-7-25-8-6-13/h3-4,9-10,13H,2,5-8H2,1H3,(H,19,20,22). The maximum atomic E-state index is 13.9. The molecule has 0 amide bonds. The highest BCUT2D eigenvalue weighted by Gasteiger charge is 2.23. The number of rotatable bonds is 4. The van der Waals surface area contributed by atoms with Crippen LogP contribution in [-0.2, 0) is 6.42 Å². The van der Waals surface area contributed by atoms with E-state index in [0.29, 0.717) is 29.7 Å². The predicted molar refractivity (Wildman–Crippen MR) is 95.8 cm³/mol. The van der Waals surface area contributed by atoms with Gasteiger partial charge in [-0.3, -0.25) is 5.10 Å². The molecule has 1 N–H and O–H groups in total. The van der Waals surface area contributed by atoms with E-state index in [2.05, 4.69) is 15.2 Å². The second-order valence-corrected chi connectivity index (χ2v) is 7.27. The molecule has 4 rings (SSSR count). The molecule has 1 saturated heterocycles. The lowest BCUT2D eigenvalue weighted by Crippen LogP contribution is -2.17. The maximum absolute atomic E-state index is 13.9. The molecule has 1 fully saturated rings. The van der Waals surface area contributed by atoms with Crippen LogP contribution < -0.4 is 0 Å². The Kier molecular flexibility index (Phi) is 4.52. The molecule has 25 heavy (non-hydrogen) atoms. The minimum absolute atomic E-state index is 0.179. The Bertz CT molecular complexity index is 854. The highest BCUT2D eigenvalue weighted by Crippen LogP contribution is 2.32. The summed E-state index contributed by atoms with van der Waals surface area (Å²) in [6, 6.07) is 5.46. The Hall–Kier alpha value is -2.22. The molecular weight excluding hydrogens is 339 g/mol. The molecule has 3 aromatic rings. The number of thioether (sulfide) groups is 1. The van der Waals surface area contributed by atoms with Crippen LogP contribution >= 0.6 is 11.8 Å². The largest absolute Gasteiger partial charge is 0.257 e.